The molecule has 3 amide bonds. The van der Waals surface area contributed by atoms with E-state index in [9.17, 15) is 14.4 Å². The van der Waals surface area contributed by atoms with Gasteiger partial charge in [-0.2, -0.15) is 0 Å². The summed E-state index contributed by atoms with van der Waals surface area (Å²) in [6, 6.07) is 24.4. The van der Waals surface area contributed by atoms with Crippen LogP contribution in [0.3, 0.4) is 0 Å². The monoisotopic (exact) mass is 473 g/mol. The van der Waals surface area contributed by atoms with Gasteiger partial charge in [-0.05, 0) is 27.3 Å². The van der Waals surface area contributed by atoms with Crippen molar-refractivity contribution in [2.45, 2.75) is 19.8 Å². The van der Waals surface area contributed by atoms with Crippen molar-refractivity contribution in [3.8, 4) is 0 Å². The van der Waals surface area contributed by atoms with Crippen molar-refractivity contribution in [1.82, 2.24) is 10.0 Å². The fraction of sp³-hybridized carbons (Fsp3) is 0.160. The van der Waals surface area contributed by atoms with Gasteiger partial charge in [0.05, 0.1) is 6.54 Å². The zero-order valence-electron chi connectivity index (χ0n) is 19.0. The van der Waals surface area contributed by atoms with Gasteiger partial charge in [0.25, 0.3) is 0 Å². The Labute approximate surface area is 201 Å². The van der Waals surface area contributed by atoms with Gasteiger partial charge in [0, 0.05) is 17.5 Å². The van der Waals surface area contributed by atoms with E-state index >= 15 is 0 Å². The molecule has 0 unspecified atom stereocenters. The first-order valence-electron chi connectivity index (χ1n) is 10.6. The van der Waals surface area contributed by atoms with Gasteiger partial charge < -0.3 is 9.47 Å². The molecule has 0 aliphatic heterocycles. The van der Waals surface area contributed by atoms with Crippen molar-refractivity contribution in [1.29, 1.82) is 0 Å². The number of hydrogen-bond donors (Lipinski definition) is 0. The van der Waals surface area contributed by atoms with Crippen molar-refractivity contribution in [3.05, 3.63) is 118 Å². The molecule has 0 aromatic heterocycles. The smallest absolute Gasteiger partial charge is 0.429 e. The van der Waals surface area contributed by atoms with E-state index in [2.05, 4.69) is 10.0 Å². The lowest BCUT2D eigenvalue weighted by Gasteiger charge is -2.30. The normalized spacial score (nSPS) is 9.97. The van der Waals surface area contributed by atoms with Gasteiger partial charge >= 0.3 is 12.2 Å². The van der Waals surface area contributed by atoms with Crippen LogP contribution in [0, 0.1) is 0 Å². The van der Waals surface area contributed by atoms with Crippen LogP contribution in [0.1, 0.15) is 27.0 Å². The van der Waals surface area contributed by atoms with Gasteiger partial charge in [-0.25, -0.2) is 19.6 Å². The van der Waals surface area contributed by atoms with E-state index in [1.165, 1.54) is 19.2 Å². The molecule has 0 saturated heterocycles. The van der Waals surface area contributed by atoms with Crippen molar-refractivity contribution in [2.24, 2.45) is 5.11 Å². The maximum Gasteiger partial charge on any atom is 0.429 e. The Morgan fingerprint density at radius 3 is 1.80 bits per heavy atom. The topological polar surface area (TPSA) is 125 Å². The number of rotatable bonds is 7. The van der Waals surface area contributed by atoms with E-state index in [-0.39, 0.29) is 25.3 Å². The molecule has 0 saturated carbocycles. The zero-order valence-corrected chi connectivity index (χ0v) is 19.0. The van der Waals surface area contributed by atoms with Crippen LogP contribution in [-0.4, -0.2) is 35.2 Å². The molecule has 35 heavy (non-hydrogen) atoms. The van der Waals surface area contributed by atoms with Crippen LogP contribution >= 0.6 is 0 Å². The molecular formula is C25H23N5O5. The van der Waals surface area contributed by atoms with Gasteiger partial charge in [0.1, 0.15) is 13.2 Å². The average Bonchev–Trinajstić information content (AvgIpc) is 2.90. The summed E-state index contributed by atoms with van der Waals surface area (Å²) in [5, 5.41) is 5.19. The molecule has 0 N–H and O–H groups in total. The fourth-order valence-electron chi connectivity index (χ4n) is 3.02. The molecule has 0 aliphatic carbocycles. The van der Waals surface area contributed by atoms with Crippen LogP contribution in [0.4, 0.5) is 9.59 Å². The van der Waals surface area contributed by atoms with E-state index < -0.39 is 18.1 Å². The Morgan fingerprint density at radius 1 is 0.771 bits per heavy atom. The highest BCUT2D eigenvalue weighted by molar-refractivity contribution is 5.94. The lowest BCUT2D eigenvalue weighted by molar-refractivity contribution is -0.0167. The molecule has 0 bridgehead atoms. The third-order valence-corrected chi connectivity index (χ3v) is 4.92. The number of carbonyl (C=O) groups excluding carboxylic acids is 3. The van der Waals surface area contributed by atoms with E-state index in [1.54, 1.807) is 12.1 Å². The number of hydrogen-bond acceptors (Lipinski definition) is 5. The lowest BCUT2D eigenvalue weighted by atomic mass is 10.1. The highest BCUT2D eigenvalue weighted by Gasteiger charge is 2.26. The molecule has 10 heteroatoms. The second kappa shape index (κ2) is 12.4. The molecule has 0 aliphatic rings. The maximum atomic E-state index is 12.9. The summed E-state index contributed by atoms with van der Waals surface area (Å²) in [7, 11) is 1.40. The minimum Gasteiger partial charge on any atom is -0.443 e. The predicted molar refractivity (Wildman–Crippen MR) is 126 cm³/mol. The summed E-state index contributed by atoms with van der Waals surface area (Å²) >= 11 is 0. The van der Waals surface area contributed by atoms with Gasteiger partial charge in [0.15, 0.2) is 0 Å². The van der Waals surface area contributed by atoms with Gasteiger partial charge in [-0.15, -0.1) is 0 Å². The van der Waals surface area contributed by atoms with Crippen LogP contribution in [0.15, 0.2) is 90.0 Å². The minimum absolute atomic E-state index is 0.0165. The Morgan fingerprint density at radius 2 is 1.29 bits per heavy atom. The SMILES string of the molecule is CN(C(=O)OCc1ccccc1)N(Cc1ccc(C(=O)N=[N+]=[N-])cc1)C(=O)OCc1ccccc1. The van der Waals surface area contributed by atoms with Gasteiger partial charge in [0.2, 0.25) is 5.91 Å². The second-order valence-electron chi connectivity index (χ2n) is 7.35. The first-order valence-corrected chi connectivity index (χ1v) is 10.6. The molecule has 0 atom stereocenters. The quantitative estimate of drug-likeness (QED) is 0.195. The number of amides is 3. The van der Waals surface area contributed by atoms with Crippen molar-refractivity contribution in [2.75, 3.05) is 7.05 Å². The van der Waals surface area contributed by atoms with E-state index in [1.807, 2.05) is 60.7 Å². The van der Waals surface area contributed by atoms with Gasteiger partial charge in [-0.1, -0.05) is 84.9 Å². The number of benzene rings is 3. The predicted octanol–water partition coefficient (Wildman–Crippen LogP) is 5.46. The van der Waals surface area contributed by atoms with E-state index in [4.69, 9.17) is 15.0 Å². The molecular weight excluding hydrogens is 450 g/mol. The van der Waals surface area contributed by atoms with Crippen molar-refractivity contribution in [3.63, 3.8) is 0 Å². The van der Waals surface area contributed by atoms with Crippen LogP contribution in [0.5, 0.6) is 0 Å². The van der Waals surface area contributed by atoms with Crippen molar-refractivity contribution < 1.29 is 23.9 Å². The summed E-state index contributed by atoms with van der Waals surface area (Å²) in [5.74, 6) is -0.722. The molecule has 0 spiro atoms. The maximum absolute atomic E-state index is 12.9. The van der Waals surface area contributed by atoms with Crippen LogP contribution in [-0.2, 0) is 29.2 Å². The third kappa shape index (κ3) is 7.34. The summed E-state index contributed by atoms with van der Waals surface area (Å²) in [6.45, 7) is 0.0103. The highest BCUT2D eigenvalue weighted by Crippen LogP contribution is 2.14. The summed E-state index contributed by atoms with van der Waals surface area (Å²) in [6.07, 6.45) is -1.51. The molecule has 3 aromatic carbocycles. The Kier molecular flexibility index (Phi) is 8.81. The zero-order chi connectivity index (χ0) is 25.0. The molecule has 0 radical (unpaired) electrons. The number of hydrazine groups is 1. The average molecular weight is 473 g/mol. The Bertz CT molecular complexity index is 1200. The van der Waals surface area contributed by atoms with Crippen LogP contribution in [0.25, 0.3) is 10.4 Å². The van der Waals surface area contributed by atoms with Crippen LogP contribution < -0.4 is 0 Å². The molecule has 10 nitrogen and oxygen atoms in total. The largest absolute Gasteiger partial charge is 0.443 e. The summed E-state index contributed by atoms with van der Waals surface area (Å²) in [4.78, 5) is 39.9. The molecule has 3 aromatic rings. The van der Waals surface area contributed by atoms with E-state index in [0.717, 1.165) is 21.1 Å². The molecule has 0 fully saturated rings. The summed E-state index contributed by atoms with van der Waals surface area (Å²) < 4.78 is 10.8. The fourth-order valence-corrected chi connectivity index (χ4v) is 3.02. The summed E-state index contributed by atoms with van der Waals surface area (Å²) in [5.41, 5.74) is 10.8. The first-order chi connectivity index (χ1) is 17.0. The Hall–Kier alpha value is -4.82. The number of ether oxygens (including phenoxy) is 2. The number of azide groups is 1. The Balaban J connectivity index is 1.73. The van der Waals surface area contributed by atoms with Crippen molar-refractivity contribution >= 4 is 18.1 Å². The van der Waals surface area contributed by atoms with Crippen LogP contribution in [0.2, 0.25) is 0 Å². The first kappa shape index (κ1) is 24.8. The third-order valence-electron chi connectivity index (χ3n) is 4.92. The molecule has 3 rings (SSSR count). The van der Waals surface area contributed by atoms with Gasteiger partial charge in [-0.3, -0.25) is 4.79 Å². The second-order valence-corrected chi connectivity index (χ2v) is 7.35. The number of carbonyl (C=O) groups is 3. The molecule has 0 heterocycles. The number of nitrogens with zero attached hydrogens (tertiary/aromatic N) is 5. The highest BCUT2D eigenvalue weighted by atomic mass is 16.6. The molecule has 178 valence electrons. The minimum atomic E-state index is -0.762. The standard InChI is InChI=1S/C25H23N5O5/c1-29(24(32)34-17-20-8-4-2-5-9-20)30(25(33)35-18-21-10-6-3-7-11-21)16-19-12-14-22(15-13-19)23(31)27-28-26/h2-15H,16-18H2,1H3. The van der Waals surface area contributed by atoms with E-state index in [0.29, 0.717) is 5.56 Å². The lowest BCUT2D eigenvalue weighted by Crippen LogP contribution is -2.47.